The summed E-state index contributed by atoms with van der Waals surface area (Å²) in [7, 11) is 0. The Labute approximate surface area is 178 Å². The molecular weight excluding hydrogens is 432 g/mol. The van der Waals surface area contributed by atoms with Gasteiger partial charge in [-0.15, -0.1) is 0 Å². The van der Waals surface area contributed by atoms with Crippen LogP contribution in [0.4, 0.5) is 11.4 Å². The van der Waals surface area contributed by atoms with Crippen LogP contribution in [0.25, 0.3) is 0 Å². The third-order valence-electron chi connectivity index (χ3n) is 4.13. The van der Waals surface area contributed by atoms with Gasteiger partial charge in [0.25, 0.3) is 5.91 Å². The van der Waals surface area contributed by atoms with Gasteiger partial charge in [-0.2, -0.15) is 0 Å². The maximum absolute atomic E-state index is 12.4. The Morgan fingerprint density at radius 2 is 1.41 bits per heavy atom. The van der Waals surface area contributed by atoms with Gasteiger partial charge in [0, 0.05) is 21.4 Å². The molecule has 0 heterocycles. The van der Waals surface area contributed by atoms with Crippen LogP contribution in [0, 0.1) is 0 Å². The minimum atomic E-state index is -0.220. The summed E-state index contributed by atoms with van der Waals surface area (Å²) in [5.41, 5.74) is 2.76. The topological polar surface area (TPSA) is 67.4 Å². The maximum Gasteiger partial charge on any atom is 0.255 e. The third kappa shape index (κ3) is 6.19. The summed E-state index contributed by atoms with van der Waals surface area (Å²) in [6.07, 6.45) is 0.285. The molecular formula is C23H21BrN2O3. The molecule has 0 bridgehead atoms. The summed E-state index contributed by atoms with van der Waals surface area (Å²) < 4.78 is 6.36. The molecule has 148 valence electrons. The van der Waals surface area contributed by atoms with E-state index in [0.717, 1.165) is 15.8 Å². The van der Waals surface area contributed by atoms with E-state index >= 15 is 0 Å². The van der Waals surface area contributed by atoms with E-state index in [1.165, 1.54) is 0 Å². The SMILES string of the molecule is CCOc1ccc(NC(=O)c2ccc(NC(=O)Cc3ccc(Br)cc3)cc2)cc1. The molecule has 0 atom stereocenters. The van der Waals surface area contributed by atoms with Crippen molar-refractivity contribution in [2.24, 2.45) is 0 Å². The lowest BCUT2D eigenvalue weighted by atomic mass is 10.1. The van der Waals surface area contributed by atoms with Crippen LogP contribution in [0.5, 0.6) is 5.75 Å². The summed E-state index contributed by atoms with van der Waals surface area (Å²) in [5.74, 6) is 0.426. The third-order valence-corrected chi connectivity index (χ3v) is 4.66. The molecule has 0 aromatic heterocycles. The second-order valence-electron chi connectivity index (χ2n) is 6.34. The molecule has 2 amide bonds. The Balaban J connectivity index is 1.55. The van der Waals surface area contributed by atoms with E-state index in [0.29, 0.717) is 23.5 Å². The molecule has 0 aliphatic heterocycles. The van der Waals surface area contributed by atoms with Crippen molar-refractivity contribution in [2.45, 2.75) is 13.3 Å². The molecule has 3 aromatic rings. The van der Waals surface area contributed by atoms with Crippen molar-refractivity contribution in [2.75, 3.05) is 17.2 Å². The number of carbonyl (C=O) groups excluding carboxylic acids is 2. The van der Waals surface area contributed by atoms with Crippen LogP contribution >= 0.6 is 15.9 Å². The molecule has 0 aliphatic rings. The van der Waals surface area contributed by atoms with E-state index in [2.05, 4.69) is 26.6 Å². The molecule has 3 rings (SSSR count). The van der Waals surface area contributed by atoms with Gasteiger partial charge in [-0.05, 0) is 73.2 Å². The molecule has 0 radical (unpaired) electrons. The van der Waals surface area contributed by atoms with Crippen LogP contribution in [-0.4, -0.2) is 18.4 Å². The van der Waals surface area contributed by atoms with Crippen molar-refractivity contribution in [3.63, 3.8) is 0 Å². The first kappa shape index (κ1) is 20.6. The molecule has 2 N–H and O–H groups in total. The highest BCUT2D eigenvalue weighted by molar-refractivity contribution is 9.10. The van der Waals surface area contributed by atoms with Gasteiger partial charge in [0.15, 0.2) is 0 Å². The van der Waals surface area contributed by atoms with Gasteiger partial charge in [-0.25, -0.2) is 0 Å². The van der Waals surface area contributed by atoms with E-state index in [9.17, 15) is 9.59 Å². The summed E-state index contributed by atoms with van der Waals surface area (Å²) in [6.45, 7) is 2.51. The first-order chi connectivity index (χ1) is 14.0. The lowest BCUT2D eigenvalue weighted by Crippen LogP contribution is -2.15. The van der Waals surface area contributed by atoms with Gasteiger partial charge in [0.05, 0.1) is 13.0 Å². The Morgan fingerprint density at radius 1 is 0.828 bits per heavy atom. The monoisotopic (exact) mass is 452 g/mol. The van der Waals surface area contributed by atoms with E-state index in [1.54, 1.807) is 36.4 Å². The highest BCUT2D eigenvalue weighted by atomic mass is 79.9. The quantitative estimate of drug-likeness (QED) is 0.512. The number of nitrogens with one attached hydrogen (secondary N) is 2. The molecule has 0 spiro atoms. The molecule has 0 fully saturated rings. The van der Waals surface area contributed by atoms with Crippen LogP contribution in [0.1, 0.15) is 22.8 Å². The minimum Gasteiger partial charge on any atom is -0.494 e. The maximum atomic E-state index is 12.4. The highest BCUT2D eigenvalue weighted by Crippen LogP contribution is 2.17. The summed E-state index contributed by atoms with van der Waals surface area (Å²) in [4.78, 5) is 24.6. The van der Waals surface area contributed by atoms with Crippen molar-refractivity contribution >= 4 is 39.1 Å². The second kappa shape index (κ2) is 9.89. The number of rotatable bonds is 7. The lowest BCUT2D eigenvalue weighted by molar-refractivity contribution is -0.115. The highest BCUT2D eigenvalue weighted by Gasteiger charge is 2.08. The van der Waals surface area contributed by atoms with Crippen molar-refractivity contribution < 1.29 is 14.3 Å². The molecule has 0 saturated heterocycles. The number of carbonyl (C=O) groups is 2. The molecule has 3 aromatic carbocycles. The normalized spacial score (nSPS) is 10.3. The van der Waals surface area contributed by atoms with E-state index < -0.39 is 0 Å². The zero-order chi connectivity index (χ0) is 20.6. The average molecular weight is 453 g/mol. The summed E-state index contributed by atoms with van der Waals surface area (Å²) in [5, 5.41) is 5.68. The van der Waals surface area contributed by atoms with Crippen LogP contribution in [0.2, 0.25) is 0 Å². The zero-order valence-corrected chi connectivity index (χ0v) is 17.5. The van der Waals surface area contributed by atoms with Crippen molar-refractivity contribution in [1.82, 2.24) is 0 Å². The zero-order valence-electron chi connectivity index (χ0n) is 15.9. The largest absolute Gasteiger partial charge is 0.494 e. The van der Waals surface area contributed by atoms with E-state index in [4.69, 9.17) is 4.74 Å². The summed E-state index contributed by atoms with van der Waals surface area (Å²) >= 11 is 3.38. The second-order valence-corrected chi connectivity index (χ2v) is 7.26. The first-order valence-corrected chi connectivity index (χ1v) is 10.0. The minimum absolute atomic E-state index is 0.112. The molecule has 0 unspecified atom stereocenters. The number of hydrogen-bond donors (Lipinski definition) is 2. The lowest BCUT2D eigenvalue weighted by Gasteiger charge is -2.09. The van der Waals surface area contributed by atoms with Crippen molar-refractivity contribution in [1.29, 1.82) is 0 Å². The van der Waals surface area contributed by atoms with E-state index in [1.807, 2.05) is 43.3 Å². The fourth-order valence-corrected chi connectivity index (χ4v) is 2.97. The van der Waals surface area contributed by atoms with Gasteiger partial charge in [0.2, 0.25) is 5.91 Å². The van der Waals surface area contributed by atoms with E-state index in [-0.39, 0.29) is 18.2 Å². The van der Waals surface area contributed by atoms with Gasteiger partial charge in [0.1, 0.15) is 5.75 Å². The Hall–Kier alpha value is -3.12. The number of hydrogen-bond acceptors (Lipinski definition) is 3. The van der Waals surface area contributed by atoms with Crippen molar-refractivity contribution in [3.05, 3.63) is 88.4 Å². The predicted molar refractivity (Wildman–Crippen MR) is 118 cm³/mol. The predicted octanol–water partition coefficient (Wildman–Crippen LogP) is 5.28. The average Bonchev–Trinajstić information content (AvgIpc) is 2.72. The molecule has 29 heavy (non-hydrogen) atoms. The number of halogens is 1. The first-order valence-electron chi connectivity index (χ1n) is 9.22. The summed E-state index contributed by atoms with van der Waals surface area (Å²) in [6, 6.07) is 21.6. The Morgan fingerprint density at radius 3 is 2.03 bits per heavy atom. The molecule has 0 aliphatic carbocycles. The number of ether oxygens (including phenoxy) is 1. The number of anilines is 2. The molecule has 6 heteroatoms. The molecule has 5 nitrogen and oxygen atoms in total. The van der Waals surface area contributed by atoms with Crippen molar-refractivity contribution in [3.8, 4) is 5.75 Å². The number of benzene rings is 3. The fourth-order valence-electron chi connectivity index (χ4n) is 2.70. The van der Waals surface area contributed by atoms with Crippen LogP contribution in [0.3, 0.4) is 0 Å². The van der Waals surface area contributed by atoms with Crippen LogP contribution in [-0.2, 0) is 11.2 Å². The van der Waals surface area contributed by atoms with Gasteiger partial charge < -0.3 is 15.4 Å². The van der Waals surface area contributed by atoms with Crippen LogP contribution < -0.4 is 15.4 Å². The van der Waals surface area contributed by atoms with Crippen LogP contribution in [0.15, 0.2) is 77.3 Å². The Kier molecular flexibility index (Phi) is 7.03. The molecule has 0 saturated carbocycles. The van der Waals surface area contributed by atoms with Gasteiger partial charge >= 0.3 is 0 Å². The smallest absolute Gasteiger partial charge is 0.255 e. The fraction of sp³-hybridized carbons (Fsp3) is 0.130. The number of amides is 2. The Bertz CT molecular complexity index is 969. The van der Waals surface area contributed by atoms with Gasteiger partial charge in [-0.3, -0.25) is 9.59 Å². The van der Waals surface area contributed by atoms with Gasteiger partial charge in [-0.1, -0.05) is 28.1 Å². The standard InChI is InChI=1S/C23H21BrN2O3/c1-2-29-21-13-11-20(12-14-21)26-23(28)17-5-9-19(10-6-17)25-22(27)15-16-3-7-18(24)8-4-16/h3-14H,2,15H2,1H3,(H,25,27)(H,26,28).